The average Bonchev–Trinajstić information content (AvgIpc) is 3.34. The van der Waals surface area contributed by atoms with E-state index >= 15 is 0 Å². The van der Waals surface area contributed by atoms with E-state index in [0.29, 0.717) is 29.0 Å². The van der Waals surface area contributed by atoms with E-state index in [-0.39, 0.29) is 24.7 Å². The second-order valence-corrected chi connectivity index (χ2v) is 15.2. The number of pyridine rings is 1. The molecule has 3 aromatic carbocycles. The minimum atomic E-state index is -0.483. The molecule has 250 valence electrons. The summed E-state index contributed by atoms with van der Waals surface area (Å²) in [7, 11) is 0. The molecule has 7 heteroatoms. The van der Waals surface area contributed by atoms with Gasteiger partial charge in [0.05, 0.1) is 24.4 Å². The van der Waals surface area contributed by atoms with Gasteiger partial charge in [0.1, 0.15) is 0 Å². The van der Waals surface area contributed by atoms with Crippen molar-refractivity contribution in [1.82, 2.24) is 15.2 Å². The number of benzene rings is 3. The van der Waals surface area contributed by atoms with Crippen LogP contribution >= 0.6 is 0 Å². The molecule has 2 bridgehead atoms. The van der Waals surface area contributed by atoms with E-state index in [0.717, 1.165) is 52.9 Å². The van der Waals surface area contributed by atoms with Crippen molar-refractivity contribution in [3.8, 4) is 11.1 Å². The van der Waals surface area contributed by atoms with Crippen molar-refractivity contribution < 1.29 is 19.4 Å². The Morgan fingerprint density at radius 2 is 1.71 bits per heavy atom. The molecule has 7 nitrogen and oxygen atoms in total. The fourth-order valence-electron chi connectivity index (χ4n) is 8.56. The maximum absolute atomic E-state index is 12.5. The number of likely N-dealkylation sites (tertiary alicyclic amines) is 1. The summed E-state index contributed by atoms with van der Waals surface area (Å²) >= 11 is 0. The average molecular weight is 646 g/mol. The monoisotopic (exact) mass is 645 g/mol. The van der Waals surface area contributed by atoms with Crippen LogP contribution in [0.25, 0.3) is 11.1 Å². The lowest BCUT2D eigenvalue weighted by molar-refractivity contribution is -0.253. The van der Waals surface area contributed by atoms with Crippen molar-refractivity contribution in [2.75, 3.05) is 13.1 Å². The fraction of sp³-hybridized carbons (Fsp3) is 0.415. The minimum absolute atomic E-state index is 0.0287. The van der Waals surface area contributed by atoms with Crippen molar-refractivity contribution >= 4 is 5.91 Å². The first kappa shape index (κ1) is 32.7. The van der Waals surface area contributed by atoms with Gasteiger partial charge in [-0.1, -0.05) is 87.5 Å². The quantitative estimate of drug-likeness (QED) is 0.195. The van der Waals surface area contributed by atoms with Crippen LogP contribution in [-0.4, -0.2) is 46.1 Å². The molecule has 0 radical (unpaired) electrons. The number of fused-ring (bicyclic) bond motifs is 2. The molecular weight excluding hydrogens is 598 g/mol. The number of ether oxygens (including phenoxy) is 2. The number of aliphatic hydroxyl groups excluding tert-OH is 1. The van der Waals surface area contributed by atoms with Crippen LogP contribution in [0.4, 0.5) is 0 Å². The molecule has 1 saturated carbocycles. The summed E-state index contributed by atoms with van der Waals surface area (Å²) in [6, 6.07) is 29.0. The first-order valence-electron chi connectivity index (χ1n) is 17.3. The molecule has 3 aliphatic rings. The highest BCUT2D eigenvalue weighted by Crippen LogP contribution is 2.53. The van der Waals surface area contributed by atoms with Crippen molar-refractivity contribution in [3.05, 3.63) is 125 Å². The summed E-state index contributed by atoms with van der Waals surface area (Å²) in [5.41, 5.74) is 7.48. The largest absolute Gasteiger partial charge is 0.392 e. The normalized spacial score (nSPS) is 26.7. The highest BCUT2D eigenvalue weighted by molar-refractivity contribution is 5.93. The molecular formula is C41H47N3O4. The van der Waals surface area contributed by atoms with Gasteiger partial charge < -0.3 is 19.9 Å². The summed E-state index contributed by atoms with van der Waals surface area (Å²) in [5.74, 6) is -0.142. The van der Waals surface area contributed by atoms with Crippen LogP contribution in [0.2, 0.25) is 0 Å². The summed E-state index contributed by atoms with van der Waals surface area (Å²) in [6.07, 6.45) is 7.26. The summed E-state index contributed by atoms with van der Waals surface area (Å²) in [6.45, 7) is 9.81. The van der Waals surface area contributed by atoms with Gasteiger partial charge in [-0.05, 0) is 76.1 Å². The molecule has 1 aliphatic carbocycles. The topological polar surface area (TPSA) is 83.9 Å². The van der Waals surface area contributed by atoms with Crippen molar-refractivity contribution in [2.45, 2.75) is 84.1 Å². The Hall–Kier alpha value is -3.88. The number of carbonyl (C=O) groups excluding carboxylic acids is 1. The summed E-state index contributed by atoms with van der Waals surface area (Å²) in [5, 5.41) is 12.6. The Bertz CT molecular complexity index is 1710. The number of hydrogen-bond acceptors (Lipinski definition) is 6. The first-order valence-corrected chi connectivity index (χ1v) is 17.3. The molecule has 2 N–H and O–H groups in total. The molecule has 5 atom stereocenters. The van der Waals surface area contributed by atoms with E-state index in [4.69, 9.17) is 9.47 Å². The maximum Gasteiger partial charge on any atom is 0.253 e. The Balaban J connectivity index is 1.07. The molecule has 1 aromatic heterocycles. The molecule has 0 spiro atoms. The smallest absolute Gasteiger partial charge is 0.253 e. The van der Waals surface area contributed by atoms with E-state index in [2.05, 4.69) is 84.5 Å². The number of nitrogens with one attached hydrogen (secondary N) is 1. The number of aliphatic hydroxyl groups is 1. The van der Waals surface area contributed by atoms with Gasteiger partial charge in [-0.15, -0.1) is 0 Å². The van der Waals surface area contributed by atoms with Crippen LogP contribution in [0.1, 0.15) is 91.5 Å². The lowest BCUT2D eigenvalue weighted by Crippen LogP contribution is -2.42. The van der Waals surface area contributed by atoms with Crippen molar-refractivity contribution in [3.63, 3.8) is 0 Å². The van der Waals surface area contributed by atoms with Crippen LogP contribution in [0.5, 0.6) is 0 Å². The Labute approximate surface area is 284 Å². The summed E-state index contributed by atoms with van der Waals surface area (Å²) < 4.78 is 13.4. The maximum atomic E-state index is 12.5. The van der Waals surface area contributed by atoms with E-state index in [1.165, 1.54) is 19.3 Å². The zero-order valence-electron chi connectivity index (χ0n) is 28.3. The van der Waals surface area contributed by atoms with Crippen LogP contribution in [0.15, 0.2) is 97.3 Å². The Morgan fingerprint density at radius 3 is 2.46 bits per heavy atom. The van der Waals surface area contributed by atoms with Crippen LogP contribution in [-0.2, 0) is 22.6 Å². The van der Waals surface area contributed by atoms with Crippen molar-refractivity contribution in [2.24, 2.45) is 10.8 Å². The number of amides is 1. The molecule has 2 aliphatic heterocycles. The molecule has 2 saturated heterocycles. The third kappa shape index (κ3) is 7.40. The van der Waals surface area contributed by atoms with Gasteiger partial charge >= 0.3 is 0 Å². The number of hydrogen-bond donors (Lipinski definition) is 2. The van der Waals surface area contributed by atoms with Crippen molar-refractivity contribution in [1.29, 1.82) is 0 Å². The van der Waals surface area contributed by atoms with Crippen LogP contribution in [0.3, 0.4) is 0 Å². The number of aromatic nitrogens is 1. The Kier molecular flexibility index (Phi) is 9.22. The van der Waals surface area contributed by atoms with Crippen LogP contribution < -0.4 is 5.32 Å². The van der Waals surface area contributed by atoms with E-state index < -0.39 is 6.29 Å². The van der Waals surface area contributed by atoms with Gasteiger partial charge in [0.2, 0.25) is 0 Å². The molecule has 7 rings (SSSR count). The molecule has 48 heavy (non-hydrogen) atoms. The zero-order chi connectivity index (χ0) is 33.3. The predicted molar refractivity (Wildman–Crippen MR) is 187 cm³/mol. The first-order chi connectivity index (χ1) is 23.1. The van der Waals surface area contributed by atoms with Gasteiger partial charge in [-0.3, -0.25) is 14.7 Å². The second-order valence-electron chi connectivity index (χ2n) is 15.2. The van der Waals surface area contributed by atoms with Gasteiger partial charge in [0, 0.05) is 50.1 Å². The summed E-state index contributed by atoms with van der Waals surface area (Å²) in [4.78, 5) is 19.3. The third-order valence-corrected chi connectivity index (χ3v) is 10.4. The van der Waals surface area contributed by atoms with Gasteiger partial charge in [0.15, 0.2) is 6.29 Å². The zero-order valence-corrected chi connectivity index (χ0v) is 28.3. The lowest BCUT2D eigenvalue weighted by atomic mass is 9.65. The molecule has 1 amide bonds. The molecule has 4 aromatic rings. The van der Waals surface area contributed by atoms with E-state index in [9.17, 15) is 9.90 Å². The molecule has 2 unspecified atom stereocenters. The number of rotatable bonds is 9. The SMILES string of the molecule is CC1(C)CC2CC(C)(CN2C[C@H]2C[C@@H](c3ccc(CO)cc3)O[C@@H](c3ccc(-c4cccc(CNC(=O)c5cccnc5)c4)cc3)O2)C1. The molecule has 3 fully saturated rings. The second kappa shape index (κ2) is 13.6. The highest BCUT2D eigenvalue weighted by atomic mass is 16.7. The van der Waals surface area contributed by atoms with Gasteiger partial charge in [-0.25, -0.2) is 0 Å². The standard InChI is InChI=1S/C41H47N3O4/c1-40(2)20-35-21-41(3,26-40)27-44(35)24-36-19-37(31-11-9-28(25-45)10-12-31)48-39(47-36)32-15-13-30(14-16-32)33-7-4-6-29(18-33)22-43-38(46)34-8-5-17-42-23-34/h4-18,23,35-37,39,45H,19-22,24-27H2,1-3H3,(H,43,46)/t35?,36-,37+,39+,41?/m1/s1. The number of carbonyl (C=O) groups is 1. The minimum Gasteiger partial charge on any atom is -0.392 e. The third-order valence-electron chi connectivity index (χ3n) is 10.4. The van der Waals surface area contributed by atoms with Gasteiger partial charge in [-0.2, -0.15) is 0 Å². The molecule has 3 heterocycles. The predicted octanol–water partition coefficient (Wildman–Crippen LogP) is 7.62. The Morgan fingerprint density at radius 1 is 0.917 bits per heavy atom. The lowest BCUT2D eigenvalue weighted by Gasteiger charge is -2.41. The number of nitrogens with zero attached hydrogens (tertiary/aromatic N) is 2. The fourth-order valence-corrected chi connectivity index (χ4v) is 8.56. The highest BCUT2D eigenvalue weighted by Gasteiger charge is 2.50. The van der Waals surface area contributed by atoms with Crippen LogP contribution in [0, 0.1) is 10.8 Å². The van der Waals surface area contributed by atoms with Gasteiger partial charge in [0.25, 0.3) is 5.91 Å². The van der Waals surface area contributed by atoms with E-state index in [1.54, 1.807) is 24.5 Å². The van der Waals surface area contributed by atoms with E-state index in [1.807, 2.05) is 24.3 Å².